The van der Waals surface area contributed by atoms with Crippen LogP contribution in [0.2, 0.25) is 0 Å². The molecule has 0 aliphatic carbocycles. The van der Waals surface area contributed by atoms with E-state index in [-0.39, 0.29) is 12.5 Å². The zero-order valence-corrected chi connectivity index (χ0v) is 22.1. The standard InChI is InChI=1S/C31H37N3O3/c1-4-34(22-24-11-8-7-9-12-24)18-10-13-23-14-16-25(17-15-23)31-26-19-28(36-5-2)29(37-6-3)20-27(26)33-30(35)21-32-31/h7-9,11-12,14-17,19-20H,4-6,10,13,18,21-22H2,1-3H3,(H,33,35). The lowest BCUT2D eigenvalue weighted by atomic mass is 9.98. The third-order valence-corrected chi connectivity index (χ3v) is 6.46. The minimum atomic E-state index is -0.143. The van der Waals surface area contributed by atoms with E-state index in [0.717, 1.165) is 49.3 Å². The third kappa shape index (κ3) is 6.98. The first-order valence-electron chi connectivity index (χ1n) is 13.2. The van der Waals surface area contributed by atoms with E-state index >= 15 is 0 Å². The number of rotatable bonds is 12. The molecule has 0 unspecified atom stereocenters. The van der Waals surface area contributed by atoms with Gasteiger partial charge in [0.2, 0.25) is 5.91 Å². The molecule has 1 heterocycles. The fraction of sp³-hybridized carbons (Fsp3) is 0.355. The van der Waals surface area contributed by atoms with Gasteiger partial charge in [-0.3, -0.25) is 14.7 Å². The monoisotopic (exact) mass is 499 g/mol. The van der Waals surface area contributed by atoms with Gasteiger partial charge in [0.1, 0.15) is 6.54 Å². The van der Waals surface area contributed by atoms with E-state index in [1.807, 2.05) is 26.0 Å². The Morgan fingerprint density at radius 1 is 0.892 bits per heavy atom. The maximum atomic E-state index is 12.4. The molecule has 1 aliphatic rings. The Morgan fingerprint density at radius 3 is 2.27 bits per heavy atom. The summed E-state index contributed by atoms with van der Waals surface area (Å²) in [6.45, 7) is 10.3. The first kappa shape index (κ1) is 26.4. The summed E-state index contributed by atoms with van der Waals surface area (Å²) in [5.41, 5.74) is 5.94. The smallest absolute Gasteiger partial charge is 0.246 e. The molecular formula is C31H37N3O3. The maximum Gasteiger partial charge on any atom is 0.246 e. The molecule has 3 aromatic carbocycles. The number of anilines is 1. The predicted molar refractivity (Wildman–Crippen MR) is 150 cm³/mol. The van der Waals surface area contributed by atoms with Crippen molar-refractivity contribution in [1.82, 2.24) is 4.90 Å². The molecule has 0 spiro atoms. The molecule has 6 nitrogen and oxygen atoms in total. The van der Waals surface area contributed by atoms with Gasteiger partial charge in [-0.15, -0.1) is 0 Å². The number of carbonyl (C=O) groups excluding carboxylic acids is 1. The number of hydrogen-bond acceptors (Lipinski definition) is 5. The average Bonchev–Trinajstić information content (AvgIpc) is 3.07. The van der Waals surface area contributed by atoms with Crippen LogP contribution in [-0.2, 0) is 17.8 Å². The zero-order chi connectivity index (χ0) is 26.0. The molecule has 194 valence electrons. The highest BCUT2D eigenvalue weighted by molar-refractivity contribution is 6.19. The summed E-state index contributed by atoms with van der Waals surface area (Å²) in [7, 11) is 0. The van der Waals surface area contributed by atoms with Crippen molar-refractivity contribution in [1.29, 1.82) is 0 Å². The fourth-order valence-electron chi connectivity index (χ4n) is 4.60. The van der Waals surface area contributed by atoms with Gasteiger partial charge in [0.05, 0.1) is 24.6 Å². The van der Waals surface area contributed by atoms with Crippen LogP contribution in [0.5, 0.6) is 11.5 Å². The molecule has 0 radical (unpaired) electrons. The second-order valence-electron chi connectivity index (χ2n) is 9.08. The van der Waals surface area contributed by atoms with Crippen LogP contribution >= 0.6 is 0 Å². The van der Waals surface area contributed by atoms with Crippen LogP contribution in [0.3, 0.4) is 0 Å². The normalized spacial score (nSPS) is 13.0. The average molecular weight is 500 g/mol. The Labute approximate surface area is 220 Å². The summed E-state index contributed by atoms with van der Waals surface area (Å²) in [5.74, 6) is 1.13. The third-order valence-electron chi connectivity index (χ3n) is 6.46. The Hall–Kier alpha value is -3.64. The molecule has 0 aromatic heterocycles. The number of nitrogens with zero attached hydrogens (tertiary/aromatic N) is 2. The largest absolute Gasteiger partial charge is 0.490 e. The van der Waals surface area contributed by atoms with Crippen molar-refractivity contribution in [3.05, 3.63) is 89.0 Å². The van der Waals surface area contributed by atoms with Crippen molar-refractivity contribution in [2.75, 3.05) is 38.2 Å². The molecule has 1 aliphatic heterocycles. The number of hydrogen-bond donors (Lipinski definition) is 1. The second-order valence-corrected chi connectivity index (χ2v) is 9.08. The molecule has 6 heteroatoms. The van der Waals surface area contributed by atoms with E-state index in [1.165, 1.54) is 11.1 Å². The maximum absolute atomic E-state index is 12.4. The second kappa shape index (κ2) is 13.1. The molecule has 4 rings (SSSR count). The van der Waals surface area contributed by atoms with Crippen molar-refractivity contribution in [2.45, 2.75) is 40.2 Å². The van der Waals surface area contributed by atoms with Crippen molar-refractivity contribution in [3.63, 3.8) is 0 Å². The minimum absolute atomic E-state index is 0.0773. The van der Waals surface area contributed by atoms with E-state index in [2.05, 4.69) is 76.7 Å². The van der Waals surface area contributed by atoms with Gasteiger partial charge in [0.25, 0.3) is 0 Å². The van der Waals surface area contributed by atoms with Crippen LogP contribution in [0.25, 0.3) is 0 Å². The molecule has 0 atom stereocenters. The van der Waals surface area contributed by atoms with Gasteiger partial charge in [0, 0.05) is 23.7 Å². The van der Waals surface area contributed by atoms with E-state index in [4.69, 9.17) is 9.47 Å². The van der Waals surface area contributed by atoms with E-state index < -0.39 is 0 Å². The summed E-state index contributed by atoms with van der Waals surface area (Å²) >= 11 is 0. The Kier molecular flexibility index (Phi) is 9.33. The van der Waals surface area contributed by atoms with Gasteiger partial charge < -0.3 is 14.8 Å². The molecule has 1 amide bonds. The molecule has 1 N–H and O–H groups in total. The first-order valence-corrected chi connectivity index (χ1v) is 13.2. The molecule has 0 bridgehead atoms. The molecule has 0 fully saturated rings. The van der Waals surface area contributed by atoms with Crippen LogP contribution in [0.1, 0.15) is 49.4 Å². The number of benzene rings is 3. The number of ether oxygens (including phenoxy) is 2. The van der Waals surface area contributed by atoms with Crippen LogP contribution in [0, 0.1) is 0 Å². The number of nitrogens with one attached hydrogen (secondary N) is 1. The summed E-state index contributed by atoms with van der Waals surface area (Å²) in [4.78, 5) is 19.5. The fourth-order valence-corrected chi connectivity index (χ4v) is 4.60. The quantitative estimate of drug-likeness (QED) is 0.346. The Morgan fingerprint density at radius 2 is 1.59 bits per heavy atom. The van der Waals surface area contributed by atoms with Crippen LogP contribution in [0.15, 0.2) is 71.7 Å². The highest BCUT2D eigenvalue weighted by atomic mass is 16.5. The van der Waals surface area contributed by atoms with Crippen LogP contribution in [-0.4, -0.2) is 49.4 Å². The molecular weight excluding hydrogens is 462 g/mol. The summed E-state index contributed by atoms with van der Waals surface area (Å²) in [6.07, 6.45) is 2.11. The number of carbonyl (C=O) groups is 1. The van der Waals surface area contributed by atoms with E-state index in [0.29, 0.717) is 30.4 Å². The predicted octanol–water partition coefficient (Wildman–Crippen LogP) is 5.73. The summed E-state index contributed by atoms with van der Waals surface area (Å²) in [6, 6.07) is 23.0. The van der Waals surface area contributed by atoms with Crippen molar-refractivity contribution < 1.29 is 14.3 Å². The van der Waals surface area contributed by atoms with E-state index in [9.17, 15) is 4.79 Å². The number of aryl methyl sites for hydroxylation is 1. The Bertz CT molecular complexity index is 1210. The van der Waals surface area contributed by atoms with Gasteiger partial charge in [-0.25, -0.2) is 0 Å². The topological polar surface area (TPSA) is 63.2 Å². The summed E-state index contributed by atoms with van der Waals surface area (Å²) < 4.78 is 11.6. The van der Waals surface area contributed by atoms with Crippen molar-refractivity contribution in [3.8, 4) is 11.5 Å². The van der Waals surface area contributed by atoms with Gasteiger partial charge in [-0.1, -0.05) is 61.5 Å². The number of aliphatic imine (C=N–C) groups is 1. The first-order chi connectivity index (χ1) is 18.1. The van der Waals surface area contributed by atoms with Crippen LogP contribution in [0.4, 0.5) is 5.69 Å². The summed E-state index contributed by atoms with van der Waals surface area (Å²) in [5, 5.41) is 2.97. The lowest BCUT2D eigenvalue weighted by Gasteiger charge is -2.20. The molecule has 37 heavy (non-hydrogen) atoms. The number of fused-ring (bicyclic) bond motifs is 1. The lowest BCUT2D eigenvalue weighted by Crippen LogP contribution is -2.24. The SMILES string of the molecule is CCOc1cc2c(cc1OCC)C(c1ccc(CCCN(CC)Cc3ccccc3)cc1)=NCC(=O)N2. The number of amides is 1. The van der Waals surface area contributed by atoms with Crippen molar-refractivity contribution >= 4 is 17.3 Å². The van der Waals surface area contributed by atoms with Gasteiger partial charge >= 0.3 is 0 Å². The zero-order valence-electron chi connectivity index (χ0n) is 22.1. The van der Waals surface area contributed by atoms with Gasteiger partial charge in [-0.05, 0) is 57.0 Å². The van der Waals surface area contributed by atoms with Crippen LogP contribution < -0.4 is 14.8 Å². The van der Waals surface area contributed by atoms with Gasteiger partial charge in [0.15, 0.2) is 11.5 Å². The van der Waals surface area contributed by atoms with Gasteiger partial charge in [-0.2, -0.15) is 0 Å². The lowest BCUT2D eigenvalue weighted by molar-refractivity contribution is -0.114. The Balaban J connectivity index is 1.47. The van der Waals surface area contributed by atoms with Crippen molar-refractivity contribution in [2.24, 2.45) is 4.99 Å². The molecule has 3 aromatic rings. The van der Waals surface area contributed by atoms with E-state index in [1.54, 1.807) is 0 Å². The molecule has 0 saturated carbocycles. The highest BCUT2D eigenvalue weighted by Crippen LogP contribution is 2.36. The molecule has 0 saturated heterocycles. The minimum Gasteiger partial charge on any atom is -0.490 e. The highest BCUT2D eigenvalue weighted by Gasteiger charge is 2.22. The number of benzodiazepines with no additional fused rings is 1.